The fraction of sp³-hybridized carbons (Fsp3) is 0.474. The van der Waals surface area contributed by atoms with E-state index in [1.54, 1.807) is 6.08 Å². The standard InChI is InChI=1S/C19H28N4O/c1-15(2)11-13-23-18-9-6-5-8-16(18)17(21-23)14-20-19(24)10-7-12-22(3)4/h5-10,15H,11-14H2,1-4H3,(H,20,24)/b10-7+. The number of carbonyl (C=O) groups excluding carboxylic acids is 1. The van der Waals surface area contributed by atoms with Crippen LogP contribution in [0.15, 0.2) is 36.4 Å². The molecule has 0 spiro atoms. The number of nitrogens with zero attached hydrogens (tertiary/aromatic N) is 3. The van der Waals surface area contributed by atoms with Crippen LogP contribution < -0.4 is 5.32 Å². The molecular formula is C19H28N4O. The van der Waals surface area contributed by atoms with Crippen LogP contribution in [0.2, 0.25) is 0 Å². The number of para-hydroxylation sites is 1. The summed E-state index contributed by atoms with van der Waals surface area (Å²) in [6.07, 6.45) is 4.53. The Labute approximate surface area is 144 Å². The maximum atomic E-state index is 11.9. The molecule has 0 saturated heterocycles. The number of aromatic nitrogens is 2. The molecule has 0 fully saturated rings. The summed E-state index contributed by atoms with van der Waals surface area (Å²) in [5.74, 6) is 0.551. The lowest BCUT2D eigenvalue weighted by molar-refractivity contribution is -0.116. The van der Waals surface area contributed by atoms with E-state index in [1.807, 2.05) is 37.2 Å². The molecule has 5 nitrogen and oxygen atoms in total. The number of hydrogen-bond acceptors (Lipinski definition) is 3. The van der Waals surface area contributed by atoms with Gasteiger partial charge in [0.1, 0.15) is 0 Å². The van der Waals surface area contributed by atoms with Crippen molar-refractivity contribution in [3.05, 3.63) is 42.1 Å². The van der Waals surface area contributed by atoms with Crippen LogP contribution >= 0.6 is 0 Å². The molecule has 1 aromatic carbocycles. The molecule has 2 aromatic rings. The second kappa shape index (κ2) is 8.64. The number of aryl methyl sites for hydroxylation is 1. The summed E-state index contributed by atoms with van der Waals surface area (Å²) in [7, 11) is 3.94. The van der Waals surface area contributed by atoms with E-state index in [4.69, 9.17) is 5.10 Å². The lowest BCUT2D eigenvalue weighted by Gasteiger charge is -2.05. The van der Waals surface area contributed by atoms with Crippen molar-refractivity contribution in [2.45, 2.75) is 33.4 Å². The van der Waals surface area contributed by atoms with Crippen molar-refractivity contribution in [2.75, 3.05) is 20.6 Å². The first kappa shape index (κ1) is 18.2. The fourth-order valence-electron chi connectivity index (χ4n) is 2.48. The number of carbonyl (C=O) groups is 1. The van der Waals surface area contributed by atoms with Crippen LogP contribution in [0.4, 0.5) is 0 Å². The molecule has 130 valence electrons. The van der Waals surface area contributed by atoms with Gasteiger partial charge in [-0.3, -0.25) is 9.48 Å². The second-order valence-corrected chi connectivity index (χ2v) is 6.75. The Bertz CT molecular complexity index is 700. The molecule has 1 aromatic heterocycles. The third-order valence-electron chi connectivity index (χ3n) is 3.82. The Hall–Kier alpha value is -2.14. The van der Waals surface area contributed by atoms with Gasteiger partial charge in [-0.15, -0.1) is 0 Å². The highest BCUT2D eigenvalue weighted by atomic mass is 16.1. The van der Waals surface area contributed by atoms with Crippen LogP contribution in [-0.4, -0.2) is 41.2 Å². The van der Waals surface area contributed by atoms with Gasteiger partial charge in [-0.25, -0.2) is 0 Å². The Morgan fingerprint density at radius 2 is 2.08 bits per heavy atom. The molecule has 0 aliphatic heterocycles. The summed E-state index contributed by atoms with van der Waals surface area (Å²) in [6, 6.07) is 8.20. The number of fused-ring (bicyclic) bond motifs is 1. The lowest BCUT2D eigenvalue weighted by atomic mass is 10.1. The van der Waals surface area contributed by atoms with Crippen molar-refractivity contribution in [1.82, 2.24) is 20.0 Å². The Morgan fingerprint density at radius 1 is 1.33 bits per heavy atom. The summed E-state index contributed by atoms with van der Waals surface area (Å²) in [4.78, 5) is 13.9. The molecule has 24 heavy (non-hydrogen) atoms. The minimum absolute atomic E-state index is 0.0855. The summed E-state index contributed by atoms with van der Waals surface area (Å²) in [6.45, 7) is 6.52. The van der Waals surface area contributed by atoms with Crippen molar-refractivity contribution in [1.29, 1.82) is 0 Å². The van der Waals surface area contributed by atoms with Crippen molar-refractivity contribution in [2.24, 2.45) is 5.92 Å². The molecule has 1 N–H and O–H groups in total. The molecular weight excluding hydrogens is 300 g/mol. The molecule has 0 saturated carbocycles. The van der Waals surface area contributed by atoms with Gasteiger partial charge < -0.3 is 10.2 Å². The van der Waals surface area contributed by atoms with Crippen molar-refractivity contribution < 1.29 is 4.79 Å². The van der Waals surface area contributed by atoms with E-state index in [0.29, 0.717) is 12.5 Å². The van der Waals surface area contributed by atoms with Crippen molar-refractivity contribution in [3.8, 4) is 0 Å². The third kappa shape index (κ3) is 5.20. The number of nitrogens with one attached hydrogen (secondary N) is 1. The summed E-state index contributed by atoms with van der Waals surface area (Å²) in [5.41, 5.74) is 2.05. The van der Waals surface area contributed by atoms with E-state index in [1.165, 1.54) is 0 Å². The number of amides is 1. The van der Waals surface area contributed by atoms with Gasteiger partial charge in [-0.1, -0.05) is 38.1 Å². The monoisotopic (exact) mass is 328 g/mol. The van der Waals surface area contributed by atoms with Gasteiger partial charge >= 0.3 is 0 Å². The number of benzene rings is 1. The summed E-state index contributed by atoms with van der Waals surface area (Å²) in [5, 5.41) is 8.74. The molecule has 5 heteroatoms. The van der Waals surface area contributed by atoms with E-state index in [9.17, 15) is 4.79 Å². The zero-order valence-corrected chi connectivity index (χ0v) is 15.1. The van der Waals surface area contributed by atoms with Gasteiger partial charge in [0.2, 0.25) is 5.91 Å². The van der Waals surface area contributed by atoms with Crippen LogP contribution in [-0.2, 0) is 17.9 Å². The highest BCUT2D eigenvalue weighted by Gasteiger charge is 2.10. The molecule has 2 rings (SSSR count). The smallest absolute Gasteiger partial charge is 0.244 e. The fourth-order valence-corrected chi connectivity index (χ4v) is 2.48. The van der Waals surface area contributed by atoms with Crippen LogP contribution in [0, 0.1) is 5.92 Å². The van der Waals surface area contributed by atoms with Gasteiger partial charge in [0.05, 0.1) is 17.8 Å². The van der Waals surface area contributed by atoms with Crippen molar-refractivity contribution >= 4 is 16.8 Å². The Morgan fingerprint density at radius 3 is 2.79 bits per heavy atom. The molecule has 0 atom stereocenters. The zero-order valence-electron chi connectivity index (χ0n) is 15.1. The highest BCUT2D eigenvalue weighted by molar-refractivity contribution is 5.88. The minimum Gasteiger partial charge on any atom is -0.347 e. The van der Waals surface area contributed by atoms with E-state index in [2.05, 4.69) is 36.0 Å². The molecule has 0 aliphatic rings. The minimum atomic E-state index is -0.0855. The van der Waals surface area contributed by atoms with Crippen LogP contribution in [0.3, 0.4) is 0 Å². The first-order chi connectivity index (χ1) is 11.5. The van der Waals surface area contributed by atoms with Gasteiger partial charge in [0, 0.05) is 24.6 Å². The molecule has 1 heterocycles. The molecule has 0 aliphatic carbocycles. The quantitative estimate of drug-likeness (QED) is 0.758. The van der Waals surface area contributed by atoms with Crippen molar-refractivity contribution in [3.63, 3.8) is 0 Å². The van der Waals surface area contributed by atoms with Crippen LogP contribution in [0.25, 0.3) is 10.9 Å². The Kier molecular flexibility index (Phi) is 6.55. The number of likely N-dealkylation sites (N-methyl/N-ethyl adjacent to an activating group) is 1. The Balaban J connectivity index is 2.06. The van der Waals surface area contributed by atoms with Gasteiger partial charge in [-0.2, -0.15) is 5.10 Å². The predicted molar refractivity (Wildman–Crippen MR) is 98.7 cm³/mol. The first-order valence-corrected chi connectivity index (χ1v) is 8.51. The number of rotatable bonds is 8. The maximum absolute atomic E-state index is 11.9. The predicted octanol–water partition coefficient (Wildman–Crippen LogP) is 2.82. The van der Waals surface area contributed by atoms with Gasteiger partial charge in [0.25, 0.3) is 0 Å². The van der Waals surface area contributed by atoms with E-state index >= 15 is 0 Å². The van der Waals surface area contributed by atoms with E-state index in [-0.39, 0.29) is 5.91 Å². The largest absolute Gasteiger partial charge is 0.347 e. The topological polar surface area (TPSA) is 50.2 Å². The molecule has 0 unspecified atom stereocenters. The van der Waals surface area contributed by atoms with E-state index in [0.717, 1.165) is 36.1 Å². The average molecular weight is 328 g/mol. The summed E-state index contributed by atoms with van der Waals surface area (Å²) >= 11 is 0. The second-order valence-electron chi connectivity index (χ2n) is 6.75. The normalized spacial score (nSPS) is 11.9. The molecule has 0 radical (unpaired) electrons. The maximum Gasteiger partial charge on any atom is 0.244 e. The average Bonchev–Trinajstić information content (AvgIpc) is 2.89. The third-order valence-corrected chi connectivity index (χ3v) is 3.82. The lowest BCUT2D eigenvalue weighted by Crippen LogP contribution is -2.21. The highest BCUT2D eigenvalue weighted by Crippen LogP contribution is 2.19. The zero-order chi connectivity index (χ0) is 17.5. The van der Waals surface area contributed by atoms with E-state index < -0.39 is 0 Å². The van der Waals surface area contributed by atoms with Crippen LogP contribution in [0.1, 0.15) is 26.0 Å². The first-order valence-electron chi connectivity index (χ1n) is 8.51. The summed E-state index contributed by atoms with van der Waals surface area (Å²) < 4.78 is 2.05. The number of hydrogen-bond donors (Lipinski definition) is 1. The van der Waals surface area contributed by atoms with Crippen LogP contribution in [0.5, 0.6) is 0 Å². The molecule has 1 amide bonds. The van der Waals surface area contributed by atoms with Gasteiger partial charge in [-0.05, 0) is 32.5 Å². The van der Waals surface area contributed by atoms with Gasteiger partial charge in [0.15, 0.2) is 0 Å². The SMILES string of the molecule is CC(C)CCn1nc(CNC(=O)/C=C/CN(C)C)c2ccccc21. The molecule has 0 bridgehead atoms.